The molecule has 0 atom stereocenters. The van der Waals surface area contributed by atoms with Gasteiger partial charge in [-0.25, -0.2) is 4.79 Å². The second-order valence-corrected chi connectivity index (χ2v) is 6.93. The van der Waals surface area contributed by atoms with Gasteiger partial charge >= 0.3 is 5.97 Å². The fourth-order valence-corrected chi connectivity index (χ4v) is 3.38. The number of hydrogen-bond acceptors (Lipinski definition) is 6. The smallest absolute Gasteiger partial charge is 0.337 e. The highest BCUT2D eigenvalue weighted by Gasteiger charge is 2.12. The number of thioether (sulfide) groups is 1. The molecule has 6 nitrogen and oxygen atoms in total. The molecule has 1 heterocycles. The van der Waals surface area contributed by atoms with Gasteiger partial charge in [-0.2, -0.15) is 0 Å². The molecule has 0 saturated heterocycles. The van der Waals surface area contributed by atoms with E-state index in [4.69, 9.17) is 14.2 Å². The lowest BCUT2D eigenvalue weighted by Crippen LogP contribution is -2.14. The van der Waals surface area contributed by atoms with Crippen molar-refractivity contribution in [2.75, 3.05) is 31.4 Å². The van der Waals surface area contributed by atoms with Crippen molar-refractivity contribution in [1.82, 2.24) is 0 Å². The molecular weight excluding hydrogens is 366 g/mol. The van der Waals surface area contributed by atoms with Gasteiger partial charge in [0.1, 0.15) is 0 Å². The predicted octanol–water partition coefficient (Wildman–Crippen LogP) is 3.51. The number of ether oxygens (including phenoxy) is 3. The summed E-state index contributed by atoms with van der Waals surface area (Å²) in [4.78, 5) is 23.7. The fourth-order valence-electron chi connectivity index (χ4n) is 2.61. The van der Waals surface area contributed by atoms with Gasteiger partial charge in [-0.3, -0.25) is 4.79 Å². The summed E-state index contributed by atoms with van der Waals surface area (Å²) >= 11 is 1.47. The van der Waals surface area contributed by atoms with Crippen molar-refractivity contribution in [2.45, 2.75) is 12.2 Å². The van der Waals surface area contributed by atoms with Gasteiger partial charge in [-0.15, -0.1) is 11.8 Å². The van der Waals surface area contributed by atoms with Crippen LogP contribution in [0.15, 0.2) is 42.5 Å². The molecule has 0 aromatic heterocycles. The number of carbonyl (C=O) groups is 2. The Kier molecular flexibility index (Phi) is 6.59. The predicted molar refractivity (Wildman–Crippen MR) is 105 cm³/mol. The number of carbonyl (C=O) groups excluding carboxylic acids is 2. The van der Waals surface area contributed by atoms with E-state index >= 15 is 0 Å². The van der Waals surface area contributed by atoms with Crippen LogP contribution in [0, 0.1) is 0 Å². The molecule has 0 aliphatic carbocycles. The number of methoxy groups -OCH3 is 1. The summed E-state index contributed by atoms with van der Waals surface area (Å²) in [6.45, 7) is 1.23. The summed E-state index contributed by atoms with van der Waals surface area (Å²) in [6.07, 6.45) is 0.837. The number of fused-ring (bicyclic) bond motifs is 1. The molecular formula is C20H21NO5S. The number of nitrogens with one attached hydrogen (secondary N) is 1. The van der Waals surface area contributed by atoms with Crippen LogP contribution in [0.25, 0.3) is 0 Å². The van der Waals surface area contributed by atoms with Gasteiger partial charge in [0.2, 0.25) is 5.91 Å². The number of amides is 1. The van der Waals surface area contributed by atoms with Crippen LogP contribution in [0.4, 0.5) is 5.69 Å². The molecule has 142 valence electrons. The minimum absolute atomic E-state index is 0.0985. The first-order valence-corrected chi connectivity index (χ1v) is 9.75. The average Bonchev–Trinajstić information content (AvgIpc) is 2.92. The molecule has 1 aliphatic rings. The molecule has 1 aliphatic heterocycles. The van der Waals surface area contributed by atoms with Crippen molar-refractivity contribution in [3.8, 4) is 11.5 Å². The summed E-state index contributed by atoms with van der Waals surface area (Å²) < 4.78 is 15.9. The maximum absolute atomic E-state index is 12.2. The highest BCUT2D eigenvalue weighted by molar-refractivity contribution is 7.99. The number of esters is 1. The van der Waals surface area contributed by atoms with E-state index in [0.29, 0.717) is 47.5 Å². The van der Waals surface area contributed by atoms with E-state index in [9.17, 15) is 9.59 Å². The van der Waals surface area contributed by atoms with Crippen LogP contribution in [0.3, 0.4) is 0 Å². The Hall–Kier alpha value is -2.67. The number of anilines is 1. The van der Waals surface area contributed by atoms with E-state index in [1.165, 1.54) is 18.9 Å². The molecule has 0 bridgehead atoms. The number of hydrogen-bond donors (Lipinski definition) is 1. The van der Waals surface area contributed by atoms with Crippen molar-refractivity contribution in [3.63, 3.8) is 0 Å². The second kappa shape index (κ2) is 9.32. The standard InChI is InChI=1S/C20H21NO5S/c1-24-20(23)15-5-2-4-14(10-15)12-27-13-19(22)21-16-6-7-17-18(11-16)26-9-3-8-25-17/h2,4-7,10-11H,3,8-9,12-13H2,1H3,(H,21,22). The Labute approximate surface area is 162 Å². The lowest BCUT2D eigenvalue weighted by atomic mass is 10.1. The monoisotopic (exact) mass is 387 g/mol. The second-order valence-electron chi connectivity index (χ2n) is 5.94. The summed E-state index contributed by atoms with van der Waals surface area (Å²) in [7, 11) is 1.35. The van der Waals surface area contributed by atoms with Crippen LogP contribution in [0.2, 0.25) is 0 Å². The van der Waals surface area contributed by atoms with Crippen molar-refractivity contribution in [3.05, 3.63) is 53.6 Å². The first-order valence-electron chi connectivity index (χ1n) is 8.60. The highest BCUT2D eigenvalue weighted by Crippen LogP contribution is 2.32. The van der Waals surface area contributed by atoms with Crippen LogP contribution in [-0.4, -0.2) is 38.0 Å². The minimum Gasteiger partial charge on any atom is -0.490 e. The zero-order valence-electron chi connectivity index (χ0n) is 15.0. The summed E-state index contributed by atoms with van der Waals surface area (Å²) in [6, 6.07) is 12.6. The summed E-state index contributed by atoms with van der Waals surface area (Å²) in [5.74, 6) is 1.81. The van der Waals surface area contributed by atoms with Gasteiger partial charge in [-0.05, 0) is 29.8 Å². The minimum atomic E-state index is -0.367. The van der Waals surface area contributed by atoms with E-state index in [-0.39, 0.29) is 11.9 Å². The molecule has 27 heavy (non-hydrogen) atoms. The van der Waals surface area contributed by atoms with Crippen molar-refractivity contribution in [1.29, 1.82) is 0 Å². The SMILES string of the molecule is COC(=O)c1cccc(CSCC(=O)Nc2ccc3c(c2)OCCCO3)c1. The van der Waals surface area contributed by atoms with E-state index in [0.717, 1.165) is 12.0 Å². The zero-order valence-corrected chi connectivity index (χ0v) is 15.8. The first kappa shape index (κ1) is 19.1. The van der Waals surface area contributed by atoms with Crippen LogP contribution < -0.4 is 14.8 Å². The van der Waals surface area contributed by atoms with Crippen molar-refractivity contribution in [2.24, 2.45) is 0 Å². The third-order valence-corrected chi connectivity index (χ3v) is 4.89. The molecule has 0 radical (unpaired) electrons. The number of benzene rings is 2. The Morgan fingerprint density at radius 3 is 2.74 bits per heavy atom. The molecule has 1 amide bonds. The molecule has 0 fully saturated rings. The maximum atomic E-state index is 12.2. The van der Waals surface area contributed by atoms with Crippen LogP contribution in [0.5, 0.6) is 11.5 Å². The Bertz CT molecular complexity index is 824. The molecule has 2 aromatic rings. The van der Waals surface area contributed by atoms with Crippen LogP contribution in [0.1, 0.15) is 22.3 Å². The first-order chi connectivity index (χ1) is 13.2. The van der Waals surface area contributed by atoms with Gasteiger partial charge in [0.25, 0.3) is 0 Å². The van der Waals surface area contributed by atoms with E-state index in [1.807, 2.05) is 12.1 Å². The molecule has 1 N–H and O–H groups in total. The molecule has 0 unspecified atom stereocenters. The lowest BCUT2D eigenvalue weighted by molar-refractivity contribution is -0.113. The Morgan fingerprint density at radius 1 is 1.11 bits per heavy atom. The average molecular weight is 387 g/mol. The third kappa shape index (κ3) is 5.40. The lowest BCUT2D eigenvalue weighted by Gasteiger charge is -2.10. The Morgan fingerprint density at radius 2 is 1.93 bits per heavy atom. The molecule has 3 rings (SSSR count). The maximum Gasteiger partial charge on any atom is 0.337 e. The largest absolute Gasteiger partial charge is 0.490 e. The zero-order chi connectivity index (χ0) is 19.1. The quantitative estimate of drug-likeness (QED) is 0.765. The van der Waals surface area contributed by atoms with Gasteiger partial charge in [0, 0.05) is 23.9 Å². The molecule has 7 heteroatoms. The highest BCUT2D eigenvalue weighted by atomic mass is 32.2. The van der Waals surface area contributed by atoms with Crippen molar-refractivity contribution >= 4 is 29.3 Å². The molecule has 0 saturated carbocycles. The topological polar surface area (TPSA) is 73.9 Å². The van der Waals surface area contributed by atoms with Gasteiger partial charge in [0.15, 0.2) is 11.5 Å². The van der Waals surface area contributed by atoms with Gasteiger partial charge < -0.3 is 19.5 Å². The molecule has 0 spiro atoms. The van der Waals surface area contributed by atoms with Gasteiger partial charge in [0.05, 0.1) is 31.6 Å². The van der Waals surface area contributed by atoms with E-state index in [2.05, 4.69) is 5.32 Å². The fraction of sp³-hybridized carbons (Fsp3) is 0.300. The van der Waals surface area contributed by atoms with Crippen molar-refractivity contribution < 1.29 is 23.8 Å². The third-order valence-electron chi connectivity index (χ3n) is 3.88. The summed E-state index contributed by atoms with van der Waals surface area (Å²) in [5.41, 5.74) is 2.15. The summed E-state index contributed by atoms with van der Waals surface area (Å²) in [5, 5.41) is 2.87. The molecule has 2 aromatic carbocycles. The van der Waals surface area contributed by atoms with E-state index < -0.39 is 0 Å². The normalized spacial score (nSPS) is 12.8. The van der Waals surface area contributed by atoms with Crippen LogP contribution in [-0.2, 0) is 15.3 Å². The van der Waals surface area contributed by atoms with Gasteiger partial charge in [-0.1, -0.05) is 12.1 Å². The van der Waals surface area contributed by atoms with E-state index in [1.54, 1.807) is 30.3 Å². The van der Waals surface area contributed by atoms with Crippen LogP contribution >= 0.6 is 11.8 Å². The number of rotatable bonds is 6. The Balaban J connectivity index is 1.50.